The van der Waals surface area contributed by atoms with Crippen LogP contribution in [0, 0.1) is 17.8 Å². The molecule has 0 aromatic rings. The highest BCUT2D eigenvalue weighted by Gasteiger charge is 2.41. The minimum absolute atomic E-state index is 0.249. The molecule has 0 spiro atoms. The quantitative estimate of drug-likeness (QED) is 0.791. The first kappa shape index (κ1) is 13.4. The van der Waals surface area contributed by atoms with Crippen LogP contribution in [0.2, 0.25) is 0 Å². The van der Waals surface area contributed by atoms with Crippen molar-refractivity contribution in [2.45, 2.75) is 70.4 Å². The fourth-order valence-electron chi connectivity index (χ4n) is 4.75. The van der Waals surface area contributed by atoms with Crippen molar-refractivity contribution in [1.82, 2.24) is 4.90 Å². The molecule has 108 valence electrons. The van der Waals surface area contributed by atoms with Crippen molar-refractivity contribution in [2.75, 3.05) is 6.54 Å². The number of hydrogen-bond donors (Lipinski definition) is 1. The second kappa shape index (κ2) is 5.43. The fourth-order valence-corrected chi connectivity index (χ4v) is 4.75. The smallest absolute Gasteiger partial charge is 0.226 e. The van der Waals surface area contributed by atoms with Crippen LogP contribution in [-0.4, -0.2) is 29.4 Å². The molecule has 0 bridgehead atoms. The first-order valence-electron chi connectivity index (χ1n) is 8.23. The molecule has 3 nitrogen and oxygen atoms in total. The van der Waals surface area contributed by atoms with E-state index in [0.717, 1.165) is 31.7 Å². The molecule has 19 heavy (non-hydrogen) atoms. The van der Waals surface area contributed by atoms with Gasteiger partial charge in [-0.2, -0.15) is 0 Å². The van der Waals surface area contributed by atoms with Gasteiger partial charge in [0.05, 0.1) is 0 Å². The number of fused-ring (bicyclic) bond motifs is 1. The molecule has 0 radical (unpaired) electrons. The van der Waals surface area contributed by atoms with Crippen molar-refractivity contribution in [2.24, 2.45) is 23.5 Å². The van der Waals surface area contributed by atoms with Crippen LogP contribution in [0.4, 0.5) is 0 Å². The SMILES string of the molecule is CC1CC(N)CCC1C(=O)N1CCCC2CCCC21. The molecular formula is C16H28N2O. The maximum absolute atomic E-state index is 12.9. The Morgan fingerprint density at radius 3 is 2.68 bits per heavy atom. The third kappa shape index (κ3) is 2.54. The monoisotopic (exact) mass is 264 g/mol. The number of amides is 1. The van der Waals surface area contributed by atoms with E-state index >= 15 is 0 Å². The molecule has 5 atom stereocenters. The van der Waals surface area contributed by atoms with Crippen molar-refractivity contribution >= 4 is 5.91 Å². The average molecular weight is 264 g/mol. The summed E-state index contributed by atoms with van der Waals surface area (Å²) in [5.41, 5.74) is 6.03. The van der Waals surface area contributed by atoms with E-state index < -0.39 is 0 Å². The lowest BCUT2D eigenvalue weighted by Crippen LogP contribution is -2.50. The Bertz CT molecular complexity index is 344. The van der Waals surface area contributed by atoms with Gasteiger partial charge in [0.25, 0.3) is 0 Å². The van der Waals surface area contributed by atoms with E-state index in [1.807, 2.05) is 0 Å². The zero-order valence-corrected chi connectivity index (χ0v) is 12.2. The van der Waals surface area contributed by atoms with Gasteiger partial charge in [-0.25, -0.2) is 0 Å². The molecule has 0 aromatic heterocycles. The largest absolute Gasteiger partial charge is 0.339 e. The van der Waals surface area contributed by atoms with Gasteiger partial charge in [0.2, 0.25) is 5.91 Å². The fraction of sp³-hybridized carbons (Fsp3) is 0.938. The Hall–Kier alpha value is -0.570. The molecule has 3 aliphatic rings. The molecule has 0 aromatic carbocycles. The highest BCUT2D eigenvalue weighted by molar-refractivity contribution is 5.79. The topological polar surface area (TPSA) is 46.3 Å². The summed E-state index contributed by atoms with van der Waals surface area (Å²) >= 11 is 0. The van der Waals surface area contributed by atoms with Crippen LogP contribution in [0.25, 0.3) is 0 Å². The molecule has 3 rings (SSSR count). The summed E-state index contributed by atoms with van der Waals surface area (Å²) in [6.07, 6.45) is 9.55. The number of hydrogen-bond acceptors (Lipinski definition) is 2. The predicted molar refractivity (Wildman–Crippen MR) is 76.6 cm³/mol. The first-order valence-corrected chi connectivity index (χ1v) is 8.23. The minimum Gasteiger partial charge on any atom is -0.339 e. The normalized spacial score (nSPS) is 43.1. The highest BCUT2D eigenvalue weighted by Crippen LogP contribution is 2.39. The summed E-state index contributed by atoms with van der Waals surface area (Å²) in [6, 6.07) is 0.892. The molecule has 3 heteroatoms. The van der Waals surface area contributed by atoms with Crippen molar-refractivity contribution in [1.29, 1.82) is 0 Å². The van der Waals surface area contributed by atoms with Gasteiger partial charge in [0, 0.05) is 24.5 Å². The van der Waals surface area contributed by atoms with E-state index in [1.165, 1.54) is 32.1 Å². The van der Waals surface area contributed by atoms with Crippen molar-refractivity contribution < 1.29 is 4.79 Å². The van der Waals surface area contributed by atoms with Crippen LogP contribution < -0.4 is 5.73 Å². The zero-order chi connectivity index (χ0) is 13.4. The van der Waals surface area contributed by atoms with E-state index in [1.54, 1.807) is 0 Å². The van der Waals surface area contributed by atoms with Crippen LogP contribution >= 0.6 is 0 Å². The van der Waals surface area contributed by atoms with Crippen molar-refractivity contribution in [3.63, 3.8) is 0 Å². The molecular weight excluding hydrogens is 236 g/mol. The predicted octanol–water partition coefficient (Wildman–Crippen LogP) is 2.54. The van der Waals surface area contributed by atoms with Crippen LogP contribution in [-0.2, 0) is 4.79 Å². The Balaban J connectivity index is 1.69. The van der Waals surface area contributed by atoms with Crippen LogP contribution in [0.15, 0.2) is 0 Å². The van der Waals surface area contributed by atoms with Gasteiger partial charge < -0.3 is 10.6 Å². The van der Waals surface area contributed by atoms with Crippen molar-refractivity contribution in [3.05, 3.63) is 0 Å². The maximum Gasteiger partial charge on any atom is 0.226 e. The number of nitrogens with two attached hydrogens (primary N) is 1. The number of piperidine rings is 1. The van der Waals surface area contributed by atoms with Gasteiger partial charge in [-0.15, -0.1) is 0 Å². The summed E-state index contributed by atoms with van der Waals surface area (Å²) in [6.45, 7) is 3.23. The van der Waals surface area contributed by atoms with Crippen molar-refractivity contribution in [3.8, 4) is 0 Å². The number of nitrogens with zero attached hydrogens (tertiary/aromatic N) is 1. The third-order valence-corrected chi connectivity index (χ3v) is 5.80. The Kier molecular flexibility index (Phi) is 3.84. The number of likely N-dealkylation sites (tertiary alicyclic amines) is 1. The molecule has 2 aliphatic carbocycles. The van der Waals surface area contributed by atoms with Gasteiger partial charge in [0.15, 0.2) is 0 Å². The van der Waals surface area contributed by atoms with Gasteiger partial charge in [-0.3, -0.25) is 4.79 Å². The maximum atomic E-state index is 12.9. The Morgan fingerprint density at radius 1 is 1.11 bits per heavy atom. The van der Waals surface area contributed by atoms with Crippen LogP contribution in [0.5, 0.6) is 0 Å². The van der Waals surface area contributed by atoms with Gasteiger partial charge in [0.1, 0.15) is 0 Å². The second-order valence-electron chi connectivity index (χ2n) is 7.09. The molecule has 3 fully saturated rings. The molecule has 5 unspecified atom stereocenters. The number of carbonyl (C=O) groups excluding carboxylic acids is 1. The third-order valence-electron chi connectivity index (χ3n) is 5.80. The molecule has 2 N–H and O–H groups in total. The molecule has 1 aliphatic heterocycles. The summed E-state index contributed by atoms with van der Waals surface area (Å²) in [5.74, 6) is 1.98. The minimum atomic E-state index is 0.249. The summed E-state index contributed by atoms with van der Waals surface area (Å²) < 4.78 is 0. The van der Waals surface area contributed by atoms with E-state index in [9.17, 15) is 4.79 Å². The molecule has 2 saturated carbocycles. The van der Waals surface area contributed by atoms with E-state index in [0.29, 0.717) is 23.9 Å². The van der Waals surface area contributed by atoms with Gasteiger partial charge >= 0.3 is 0 Å². The molecule has 1 saturated heterocycles. The van der Waals surface area contributed by atoms with Gasteiger partial charge in [-0.05, 0) is 56.8 Å². The Morgan fingerprint density at radius 2 is 1.89 bits per heavy atom. The summed E-state index contributed by atoms with van der Waals surface area (Å²) in [7, 11) is 0. The molecule has 1 heterocycles. The van der Waals surface area contributed by atoms with Crippen LogP contribution in [0.3, 0.4) is 0 Å². The van der Waals surface area contributed by atoms with Gasteiger partial charge in [-0.1, -0.05) is 13.3 Å². The average Bonchev–Trinajstić information content (AvgIpc) is 2.86. The van der Waals surface area contributed by atoms with Crippen LogP contribution in [0.1, 0.15) is 58.3 Å². The zero-order valence-electron chi connectivity index (χ0n) is 12.2. The standard InChI is InChI=1S/C16H28N2O/c1-11-10-13(17)7-8-14(11)16(19)18-9-3-5-12-4-2-6-15(12)18/h11-15H,2-10,17H2,1H3. The summed E-state index contributed by atoms with van der Waals surface area (Å²) in [5, 5.41) is 0. The van der Waals surface area contributed by atoms with E-state index in [2.05, 4.69) is 11.8 Å². The first-order chi connectivity index (χ1) is 9.16. The number of rotatable bonds is 1. The molecule has 1 amide bonds. The van der Waals surface area contributed by atoms with E-state index in [4.69, 9.17) is 5.73 Å². The lowest BCUT2D eigenvalue weighted by Gasteiger charge is -2.42. The second-order valence-corrected chi connectivity index (χ2v) is 7.09. The number of carbonyl (C=O) groups is 1. The van der Waals surface area contributed by atoms with E-state index in [-0.39, 0.29) is 5.92 Å². The lowest BCUT2D eigenvalue weighted by atomic mass is 9.76. The Labute approximate surface area is 116 Å². The summed E-state index contributed by atoms with van der Waals surface area (Å²) in [4.78, 5) is 15.2. The highest BCUT2D eigenvalue weighted by atomic mass is 16.2. The lowest BCUT2D eigenvalue weighted by molar-refractivity contribution is -0.143.